The average molecular weight is 337 g/mol. The van der Waals surface area contributed by atoms with Crippen molar-refractivity contribution in [3.8, 4) is 0 Å². The Morgan fingerprint density at radius 3 is 2.76 bits per heavy atom. The smallest absolute Gasteiger partial charge is 0.254 e. The van der Waals surface area contributed by atoms with Crippen LogP contribution in [0.1, 0.15) is 35.7 Å². The van der Waals surface area contributed by atoms with E-state index in [-0.39, 0.29) is 5.91 Å². The molecule has 1 aromatic carbocycles. The molecule has 3 rings (SSSR count). The minimum absolute atomic E-state index is 0.126. The van der Waals surface area contributed by atoms with Crippen LogP contribution in [-0.4, -0.2) is 33.9 Å². The van der Waals surface area contributed by atoms with Gasteiger partial charge < -0.3 is 15.6 Å². The molecule has 2 aromatic heterocycles. The molecule has 1 amide bonds. The molecular formula is C19H23N5O. The van der Waals surface area contributed by atoms with Crippen molar-refractivity contribution in [1.29, 1.82) is 0 Å². The first kappa shape index (κ1) is 17.0. The number of carbonyl (C=O) groups is 1. The predicted molar refractivity (Wildman–Crippen MR) is 99.8 cm³/mol. The van der Waals surface area contributed by atoms with Crippen LogP contribution < -0.4 is 10.6 Å². The number of H-pyrrole nitrogens is 1. The zero-order chi connectivity index (χ0) is 17.5. The summed E-state index contributed by atoms with van der Waals surface area (Å²) < 4.78 is 0. The number of hydrogen-bond acceptors (Lipinski definition) is 4. The standard InChI is InChI=1S/C19H23N5O/c1-2-3-9-20-18(25)15-12-23-19(24-13-15)21-10-8-14-11-22-17-7-5-4-6-16(14)17/h4-7,11-13,22H,2-3,8-10H2,1H3,(H,20,25)(H,21,23,24). The van der Waals surface area contributed by atoms with E-state index in [1.807, 2.05) is 18.3 Å². The summed E-state index contributed by atoms with van der Waals surface area (Å²) in [6.45, 7) is 3.50. The van der Waals surface area contributed by atoms with E-state index in [0.717, 1.165) is 31.3 Å². The van der Waals surface area contributed by atoms with Gasteiger partial charge in [-0.15, -0.1) is 0 Å². The lowest BCUT2D eigenvalue weighted by molar-refractivity contribution is 0.0952. The van der Waals surface area contributed by atoms with Crippen molar-refractivity contribution in [2.24, 2.45) is 0 Å². The molecule has 130 valence electrons. The molecule has 25 heavy (non-hydrogen) atoms. The maximum atomic E-state index is 11.9. The van der Waals surface area contributed by atoms with Gasteiger partial charge in [-0.3, -0.25) is 4.79 Å². The number of fused-ring (bicyclic) bond motifs is 1. The Bertz CT molecular complexity index is 825. The maximum absolute atomic E-state index is 11.9. The van der Waals surface area contributed by atoms with Crippen LogP contribution >= 0.6 is 0 Å². The Kier molecular flexibility index (Phi) is 5.61. The largest absolute Gasteiger partial charge is 0.361 e. The molecule has 0 atom stereocenters. The van der Waals surface area contributed by atoms with Crippen molar-refractivity contribution in [1.82, 2.24) is 20.3 Å². The van der Waals surface area contributed by atoms with Gasteiger partial charge in [-0.1, -0.05) is 31.5 Å². The van der Waals surface area contributed by atoms with Gasteiger partial charge in [0.25, 0.3) is 5.91 Å². The summed E-state index contributed by atoms with van der Waals surface area (Å²) in [5.74, 6) is 0.406. The first-order valence-corrected chi connectivity index (χ1v) is 8.67. The number of aromatic nitrogens is 3. The predicted octanol–water partition coefficient (Wildman–Crippen LogP) is 3.14. The number of carbonyl (C=O) groups excluding carboxylic acids is 1. The number of unbranched alkanes of at least 4 members (excludes halogenated alkanes) is 1. The molecule has 0 radical (unpaired) electrons. The number of aromatic amines is 1. The van der Waals surface area contributed by atoms with Crippen molar-refractivity contribution in [3.05, 3.63) is 54.0 Å². The molecule has 0 saturated carbocycles. The Morgan fingerprint density at radius 2 is 1.96 bits per heavy atom. The molecule has 0 aliphatic rings. The number of amides is 1. The van der Waals surface area contributed by atoms with E-state index in [1.54, 1.807) is 12.4 Å². The van der Waals surface area contributed by atoms with Crippen LogP contribution in [-0.2, 0) is 6.42 Å². The number of rotatable bonds is 8. The van der Waals surface area contributed by atoms with Gasteiger partial charge in [-0.05, 0) is 24.5 Å². The van der Waals surface area contributed by atoms with Crippen molar-refractivity contribution in [3.63, 3.8) is 0 Å². The topological polar surface area (TPSA) is 82.7 Å². The Labute approximate surface area is 147 Å². The van der Waals surface area contributed by atoms with Crippen LogP contribution in [0.3, 0.4) is 0 Å². The minimum atomic E-state index is -0.126. The second-order valence-electron chi connectivity index (χ2n) is 5.94. The molecule has 6 heteroatoms. The van der Waals surface area contributed by atoms with E-state index in [4.69, 9.17) is 0 Å². The average Bonchev–Trinajstić information content (AvgIpc) is 3.06. The van der Waals surface area contributed by atoms with Gasteiger partial charge in [-0.2, -0.15) is 0 Å². The SMILES string of the molecule is CCCCNC(=O)c1cnc(NCCc2c[nH]c3ccccc23)nc1. The fourth-order valence-corrected chi connectivity index (χ4v) is 2.66. The molecule has 0 fully saturated rings. The van der Waals surface area contributed by atoms with Crippen LogP contribution in [0.2, 0.25) is 0 Å². The number of anilines is 1. The van der Waals surface area contributed by atoms with Gasteiger partial charge in [0, 0.05) is 42.6 Å². The van der Waals surface area contributed by atoms with Crippen molar-refractivity contribution >= 4 is 22.8 Å². The van der Waals surface area contributed by atoms with Gasteiger partial charge in [0.1, 0.15) is 0 Å². The third-order valence-electron chi connectivity index (χ3n) is 4.08. The minimum Gasteiger partial charge on any atom is -0.361 e. The van der Waals surface area contributed by atoms with E-state index < -0.39 is 0 Å². The van der Waals surface area contributed by atoms with Crippen LogP contribution in [0.15, 0.2) is 42.9 Å². The summed E-state index contributed by atoms with van der Waals surface area (Å²) in [6, 6.07) is 8.25. The Hall–Kier alpha value is -2.89. The zero-order valence-corrected chi connectivity index (χ0v) is 14.4. The number of para-hydroxylation sites is 1. The van der Waals surface area contributed by atoms with E-state index in [9.17, 15) is 4.79 Å². The summed E-state index contributed by atoms with van der Waals surface area (Å²) in [6.07, 6.45) is 8.05. The Morgan fingerprint density at radius 1 is 1.16 bits per heavy atom. The third kappa shape index (κ3) is 4.35. The fourth-order valence-electron chi connectivity index (χ4n) is 2.66. The highest BCUT2D eigenvalue weighted by Gasteiger charge is 2.07. The van der Waals surface area contributed by atoms with Crippen LogP contribution in [0.25, 0.3) is 10.9 Å². The van der Waals surface area contributed by atoms with Gasteiger partial charge >= 0.3 is 0 Å². The summed E-state index contributed by atoms with van der Waals surface area (Å²) in [5, 5.41) is 7.29. The molecule has 0 aliphatic heterocycles. The van der Waals surface area contributed by atoms with Gasteiger partial charge in [0.05, 0.1) is 5.56 Å². The molecular weight excluding hydrogens is 314 g/mol. The van der Waals surface area contributed by atoms with E-state index >= 15 is 0 Å². The van der Waals surface area contributed by atoms with Gasteiger partial charge in [0.15, 0.2) is 0 Å². The van der Waals surface area contributed by atoms with E-state index in [1.165, 1.54) is 10.9 Å². The van der Waals surface area contributed by atoms with Crippen molar-refractivity contribution in [2.45, 2.75) is 26.2 Å². The maximum Gasteiger partial charge on any atom is 0.254 e. The van der Waals surface area contributed by atoms with Crippen molar-refractivity contribution in [2.75, 3.05) is 18.4 Å². The van der Waals surface area contributed by atoms with Crippen LogP contribution in [0, 0.1) is 0 Å². The Balaban J connectivity index is 1.51. The monoisotopic (exact) mass is 337 g/mol. The third-order valence-corrected chi connectivity index (χ3v) is 4.08. The first-order chi connectivity index (χ1) is 12.3. The highest BCUT2D eigenvalue weighted by molar-refractivity contribution is 5.93. The molecule has 0 saturated heterocycles. The number of nitrogens with one attached hydrogen (secondary N) is 3. The van der Waals surface area contributed by atoms with Gasteiger partial charge in [0.2, 0.25) is 5.95 Å². The molecule has 3 aromatic rings. The molecule has 3 N–H and O–H groups in total. The van der Waals surface area contributed by atoms with Crippen LogP contribution in [0.5, 0.6) is 0 Å². The second kappa shape index (κ2) is 8.28. The number of hydrogen-bond donors (Lipinski definition) is 3. The van der Waals surface area contributed by atoms with E-state index in [0.29, 0.717) is 18.1 Å². The van der Waals surface area contributed by atoms with Gasteiger partial charge in [-0.25, -0.2) is 9.97 Å². The second-order valence-corrected chi connectivity index (χ2v) is 5.94. The molecule has 0 bridgehead atoms. The lowest BCUT2D eigenvalue weighted by Gasteiger charge is -2.06. The van der Waals surface area contributed by atoms with Crippen molar-refractivity contribution < 1.29 is 4.79 Å². The lowest BCUT2D eigenvalue weighted by Crippen LogP contribution is -2.24. The summed E-state index contributed by atoms with van der Waals surface area (Å²) >= 11 is 0. The highest BCUT2D eigenvalue weighted by atomic mass is 16.1. The summed E-state index contributed by atoms with van der Waals surface area (Å²) in [4.78, 5) is 23.6. The number of benzene rings is 1. The molecule has 0 aliphatic carbocycles. The highest BCUT2D eigenvalue weighted by Crippen LogP contribution is 2.17. The summed E-state index contributed by atoms with van der Waals surface area (Å²) in [5.41, 5.74) is 2.89. The molecule has 0 unspecified atom stereocenters. The number of nitrogens with zero attached hydrogens (tertiary/aromatic N) is 2. The fraction of sp³-hybridized carbons (Fsp3) is 0.316. The molecule has 0 spiro atoms. The zero-order valence-electron chi connectivity index (χ0n) is 14.4. The molecule has 2 heterocycles. The first-order valence-electron chi connectivity index (χ1n) is 8.67. The lowest BCUT2D eigenvalue weighted by atomic mass is 10.1. The quantitative estimate of drug-likeness (QED) is 0.552. The van der Waals surface area contributed by atoms with E-state index in [2.05, 4.69) is 44.6 Å². The van der Waals surface area contributed by atoms with Crippen LogP contribution in [0.4, 0.5) is 5.95 Å². The normalized spacial score (nSPS) is 10.8. The molecule has 6 nitrogen and oxygen atoms in total. The summed E-state index contributed by atoms with van der Waals surface area (Å²) in [7, 11) is 0.